The molecular weight excluding hydrogens is 324 g/mol. The van der Waals surface area contributed by atoms with E-state index in [1.54, 1.807) is 11.8 Å². The number of carbonyl (C=O) groups is 2. The van der Waals surface area contributed by atoms with Gasteiger partial charge in [-0.1, -0.05) is 59.7 Å². The van der Waals surface area contributed by atoms with Crippen LogP contribution in [0.5, 0.6) is 0 Å². The molecule has 0 fully saturated rings. The topological polar surface area (TPSA) is 49.4 Å². The van der Waals surface area contributed by atoms with Gasteiger partial charge in [0.1, 0.15) is 6.04 Å². The number of hydrogen-bond donors (Lipinski definition) is 1. The monoisotopic (exact) mass is 352 g/mol. The van der Waals surface area contributed by atoms with Gasteiger partial charge in [0.05, 0.1) is 6.42 Å². The van der Waals surface area contributed by atoms with Gasteiger partial charge in [0.25, 0.3) is 0 Å². The van der Waals surface area contributed by atoms with Crippen molar-refractivity contribution in [1.29, 1.82) is 0 Å². The molecule has 1 atom stereocenters. The van der Waals surface area contributed by atoms with E-state index < -0.39 is 6.04 Å². The normalized spacial score (nSPS) is 11.7. The first-order chi connectivity index (χ1) is 12.4. The smallest absolute Gasteiger partial charge is 0.242 e. The maximum atomic E-state index is 13.0. The second-order valence-corrected chi connectivity index (χ2v) is 6.74. The van der Waals surface area contributed by atoms with E-state index in [1.807, 2.05) is 69.3 Å². The van der Waals surface area contributed by atoms with Gasteiger partial charge >= 0.3 is 0 Å². The van der Waals surface area contributed by atoms with Crippen LogP contribution in [0.1, 0.15) is 36.1 Å². The van der Waals surface area contributed by atoms with Gasteiger partial charge in [0, 0.05) is 13.1 Å². The highest BCUT2D eigenvalue weighted by molar-refractivity contribution is 5.88. The van der Waals surface area contributed by atoms with Crippen LogP contribution in [-0.4, -0.2) is 29.3 Å². The van der Waals surface area contributed by atoms with E-state index in [9.17, 15) is 9.59 Å². The average Bonchev–Trinajstić information content (AvgIpc) is 2.60. The van der Waals surface area contributed by atoms with E-state index in [1.165, 1.54) is 5.56 Å². The van der Waals surface area contributed by atoms with Crippen LogP contribution in [-0.2, 0) is 22.6 Å². The minimum atomic E-state index is -0.520. The van der Waals surface area contributed by atoms with E-state index in [-0.39, 0.29) is 18.2 Å². The van der Waals surface area contributed by atoms with Crippen molar-refractivity contribution < 1.29 is 9.59 Å². The molecule has 4 nitrogen and oxygen atoms in total. The van der Waals surface area contributed by atoms with E-state index in [0.29, 0.717) is 13.1 Å². The van der Waals surface area contributed by atoms with Crippen LogP contribution in [0.4, 0.5) is 0 Å². The van der Waals surface area contributed by atoms with Crippen molar-refractivity contribution >= 4 is 11.8 Å². The van der Waals surface area contributed by atoms with E-state index in [4.69, 9.17) is 0 Å². The van der Waals surface area contributed by atoms with Crippen LogP contribution < -0.4 is 5.32 Å². The molecule has 0 spiro atoms. The molecule has 1 N–H and O–H groups in total. The molecule has 2 amide bonds. The van der Waals surface area contributed by atoms with Gasteiger partial charge in [0.2, 0.25) is 11.8 Å². The summed E-state index contributed by atoms with van der Waals surface area (Å²) in [5, 5.41) is 2.82. The fourth-order valence-electron chi connectivity index (χ4n) is 2.89. The Hall–Kier alpha value is -2.62. The number of carbonyl (C=O) groups excluding carboxylic acids is 2. The van der Waals surface area contributed by atoms with Gasteiger partial charge in [-0.3, -0.25) is 9.59 Å². The Kier molecular flexibility index (Phi) is 6.96. The van der Waals surface area contributed by atoms with E-state index in [0.717, 1.165) is 16.7 Å². The second-order valence-electron chi connectivity index (χ2n) is 6.74. The molecule has 0 heterocycles. The third-order valence-corrected chi connectivity index (χ3v) is 4.43. The third kappa shape index (κ3) is 5.45. The molecule has 2 rings (SSSR count). The molecule has 0 bridgehead atoms. The molecule has 0 saturated heterocycles. The lowest BCUT2D eigenvalue weighted by Gasteiger charge is -2.29. The van der Waals surface area contributed by atoms with Crippen molar-refractivity contribution in [2.24, 2.45) is 0 Å². The van der Waals surface area contributed by atoms with Crippen LogP contribution >= 0.6 is 0 Å². The molecule has 4 heteroatoms. The predicted molar refractivity (Wildman–Crippen MR) is 105 cm³/mol. The zero-order valence-corrected chi connectivity index (χ0v) is 16.1. The number of nitrogens with zero attached hydrogens (tertiary/aromatic N) is 1. The number of rotatable bonds is 7. The van der Waals surface area contributed by atoms with Crippen molar-refractivity contribution in [3.63, 3.8) is 0 Å². The summed E-state index contributed by atoms with van der Waals surface area (Å²) < 4.78 is 0. The minimum absolute atomic E-state index is 0.0464. The van der Waals surface area contributed by atoms with Gasteiger partial charge in [-0.05, 0) is 38.8 Å². The lowest BCUT2D eigenvalue weighted by molar-refractivity contribution is -0.140. The number of hydrogen-bond acceptors (Lipinski definition) is 2. The summed E-state index contributed by atoms with van der Waals surface area (Å²) in [4.78, 5) is 27.0. The molecule has 138 valence electrons. The third-order valence-electron chi connectivity index (χ3n) is 4.43. The number of nitrogens with one attached hydrogen (secondary N) is 1. The summed E-state index contributed by atoms with van der Waals surface area (Å²) >= 11 is 0. The zero-order chi connectivity index (χ0) is 19.1. The lowest BCUT2D eigenvalue weighted by Crippen LogP contribution is -2.48. The Bertz CT molecular complexity index is 753. The standard InChI is InChI=1S/C22H28N2O2/c1-5-23-22(26)18(4)24(15-19-11-9-16(2)10-12-19)21(25)14-20-8-6-7-17(3)13-20/h6-13,18H,5,14-15H2,1-4H3,(H,23,26)/t18-/m1/s1. The number of amides is 2. The van der Waals surface area contributed by atoms with Gasteiger partial charge in [0.15, 0.2) is 0 Å². The number of benzene rings is 2. The quantitative estimate of drug-likeness (QED) is 0.830. The first-order valence-corrected chi connectivity index (χ1v) is 9.09. The fraction of sp³-hybridized carbons (Fsp3) is 0.364. The van der Waals surface area contributed by atoms with Crippen molar-refractivity contribution in [2.75, 3.05) is 6.54 Å². The van der Waals surface area contributed by atoms with Crippen molar-refractivity contribution in [3.8, 4) is 0 Å². The number of likely N-dealkylation sites (N-methyl/N-ethyl adjacent to an activating group) is 1. The van der Waals surface area contributed by atoms with Crippen LogP contribution in [0.3, 0.4) is 0 Å². The fourth-order valence-corrected chi connectivity index (χ4v) is 2.89. The summed E-state index contributed by atoms with van der Waals surface area (Å²) in [6.07, 6.45) is 0.289. The highest BCUT2D eigenvalue weighted by Crippen LogP contribution is 2.14. The van der Waals surface area contributed by atoms with Crippen molar-refractivity contribution in [1.82, 2.24) is 10.2 Å². The van der Waals surface area contributed by atoms with Gasteiger partial charge in [-0.25, -0.2) is 0 Å². The van der Waals surface area contributed by atoms with Gasteiger partial charge < -0.3 is 10.2 Å². The maximum Gasteiger partial charge on any atom is 0.242 e. The molecule has 2 aromatic rings. The predicted octanol–water partition coefficient (Wildman–Crippen LogP) is 3.40. The Morgan fingerprint density at radius 3 is 2.31 bits per heavy atom. The average molecular weight is 352 g/mol. The molecule has 0 unspecified atom stereocenters. The summed E-state index contributed by atoms with van der Waals surface area (Å²) in [6.45, 7) is 8.67. The minimum Gasteiger partial charge on any atom is -0.355 e. The highest BCUT2D eigenvalue weighted by atomic mass is 16.2. The Balaban J connectivity index is 2.21. The molecular formula is C22H28N2O2. The summed E-state index contributed by atoms with van der Waals surface area (Å²) in [5.74, 6) is -0.174. The molecule has 0 aliphatic heterocycles. The first kappa shape index (κ1) is 19.7. The first-order valence-electron chi connectivity index (χ1n) is 9.09. The second kappa shape index (κ2) is 9.18. The van der Waals surface area contributed by atoms with E-state index in [2.05, 4.69) is 5.32 Å². The Morgan fingerprint density at radius 2 is 1.69 bits per heavy atom. The lowest BCUT2D eigenvalue weighted by atomic mass is 10.1. The summed E-state index contributed by atoms with van der Waals surface area (Å²) in [5.41, 5.74) is 4.27. The van der Waals surface area contributed by atoms with Crippen LogP contribution in [0.2, 0.25) is 0 Å². The van der Waals surface area contributed by atoms with Crippen LogP contribution in [0.15, 0.2) is 48.5 Å². The van der Waals surface area contributed by atoms with Crippen LogP contribution in [0, 0.1) is 13.8 Å². The SMILES string of the molecule is CCNC(=O)[C@@H](C)N(Cc1ccc(C)cc1)C(=O)Cc1cccc(C)c1. The van der Waals surface area contributed by atoms with Gasteiger partial charge in [-0.15, -0.1) is 0 Å². The van der Waals surface area contributed by atoms with Crippen molar-refractivity contribution in [3.05, 3.63) is 70.8 Å². The Labute approximate surface area is 156 Å². The largest absolute Gasteiger partial charge is 0.355 e. The summed E-state index contributed by atoms with van der Waals surface area (Å²) in [6, 6.07) is 15.5. The van der Waals surface area contributed by atoms with Crippen molar-refractivity contribution in [2.45, 2.75) is 46.7 Å². The molecule has 0 radical (unpaired) electrons. The molecule has 2 aromatic carbocycles. The summed E-state index contributed by atoms with van der Waals surface area (Å²) in [7, 11) is 0. The van der Waals surface area contributed by atoms with Crippen LogP contribution in [0.25, 0.3) is 0 Å². The molecule has 0 aromatic heterocycles. The van der Waals surface area contributed by atoms with Gasteiger partial charge in [-0.2, -0.15) is 0 Å². The maximum absolute atomic E-state index is 13.0. The highest BCUT2D eigenvalue weighted by Gasteiger charge is 2.25. The zero-order valence-electron chi connectivity index (χ0n) is 16.1. The number of aryl methyl sites for hydroxylation is 2. The molecule has 0 aliphatic rings. The molecule has 26 heavy (non-hydrogen) atoms. The van der Waals surface area contributed by atoms with E-state index >= 15 is 0 Å². The Morgan fingerprint density at radius 1 is 1.00 bits per heavy atom. The molecule has 0 saturated carbocycles. The molecule has 0 aliphatic carbocycles.